The number of carbonyl (C=O) groups excluding carboxylic acids is 1. The lowest BCUT2D eigenvalue weighted by molar-refractivity contribution is -0.133. The predicted molar refractivity (Wildman–Crippen MR) is 81.1 cm³/mol. The van der Waals surface area contributed by atoms with Crippen LogP contribution in [-0.4, -0.2) is 52.3 Å². The number of rotatable bonds is 5. The normalized spacial score (nSPS) is 17.6. The Hall–Kier alpha value is -2.32. The zero-order valence-electron chi connectivity index (χ0n) is 13.8. The minimum atomic E-state index is 0.0983. The highest BCUT2D eigenvalue weighted by Crippen LogP contribution is 2.27. The Balaban J connectivity index is 1.70. The van der Waals surface area contributed by atoms with Gasteiger partial charge in [-0.1, -0.05) is 13.8 Å². The van der Waals surface area contributed by atoms with Crippen LogP contribution in [0.2, 0.25) is 0 Å². The van der Waals surface area contributed by atoms with E-state index in [1.807, 2.05) is 11.8 Å². The molecule has 1 aliphatic heterocycles. The number of tetrazole rings is 1. The van der Waals surface area contributed by atoms with Crippen molar-refractivity contribution >= 4 is 5.91 Å². The van der Waals surface area contributed by atoms with Gasteiger partial charge in [0.2, 0.25) is 5.91 Å². The van der Waals surface area contributed by atoms with Gasteiger partial charge in [-0.2, -0.15) is 0 Å². The molecule has 9 nitrogen and oxygen atoms in total. The van der Waals surface area contributed by atoms with E-state index in [9.17, 15) is 4.79 Å². The fraction of sp³-hybridized carbons (Fsp3) is 0.714. The molecule has 0 fully saturated rings. The number of carbonyl (C=O) groups is 1. The fourth-order valence-electron chi connectivity index (χ4n) is 3.13. The molecule has 0 bridgehead atoms. The molecule has 1 aliphatic rings. The molecule has 0 saturated heterocycles. The molecule has 1 atom stereocenters. The Kier molecular flexibility index (Phi) is 4.35. The molecule has 2 aromatic rings. The first-order valence-electron chi connectivity index (χ1n) is 7.93. The van der Waals surface area contributed by atoms with Crippen molar-refractivity contribution in [1.29, 1.82) is 0 Å². The van der Waals surface area contributed by atoms with Crippen LogP contribution in [0.1, 0.15) is 44.4 Å². The van der Waals surface area contributed by atoms with E-state index in [4.69, 9.17) is 0 Å². The summed E-state index contributed by atoms with van der Waals surface area (Å²) in [6.45, 7) is 8.07. The molecule has 0 radical (unpaired) electrons. The first-order valence-corrected chi connectivity index (χ1v) is 7.93. The summed E-state index contributed by atoms with van der Waals surface area (Å²) >= 11 is 0. The maximum absolute atomic E-state index is 12.5. The van der Waals surface area contributed by atoms with E-state index in [0.717, 1.165) is 18.1 Å². The number of amides is 1. The summed E-state index contributed by atoms with van der Waals surface area (Å²) in [7, 11) is 0. The van der Waals surface area contributed by atoms with Crippen LogP contribution in [0.4, 0.5) is 0 Å². The van der Waals surface area contributed by atoms with E-state index < -0.39 is 0 Å². The molecular weight excluding hydrogens is 296 g/mol. The Labute approximate surface area is 134 Å². The monoisotopic (exact) mass is 318 g/mol. The van der Waals surface area contributed by atoms with Crippen molar-refractivity contribution in [2.75, 3.05) is 6.54 Å². The molecular formula is C14H22N8O. The van der Waals surface area contributed by atoms with Crippen molar-refractivity contribution in [3.8, 4) is 0 Å². The maximum atomic E-state index is 12.5. The number of nitrogens with zero attached hydrogens (tertiary/aromatic N) is 8. The molecule has 3 rings (SSSR count). The lowest BCUT2D eigenvalue weighted by Gasteiger charge is -2.35. The molecule has 1 amide bonds. The number of hydrogen-bond acceptors (Lipinski definition) is 6. The third-order valence-corrected chi connectivity index (χ3v) is 4.11. The zero-order chi connectivity index (χ0) is 16.4. The van der Waals surface area contributed by atoms with Crippen LogP contribution in [0.5, 0.6) is 0 Å². The van der Waals surface area contributed by atoms with Crippen LogP contribution in [0.15, 0.2) is 6.33 Å². The van der Waals surface area contributed by atoms with Crippen LogP contribution >= 0.6 is 0 Å². The van der Waals surface area contributed by atoms with Crippen molar-refractivity contribution < 1.29 is 4.79 Å². The van der Waals surface area contributed by atoms with Crippen LogP contribution in [0, 0.1) is 12.8 Å². The summed E-state index contributed by atoms with van der Waals surface area (Å²) in [5, 5.41) is 19.4. The second-order valence-electron chi connectivity index (χ2n) is 6.41. The van der Waals surface area contributed by atoms with E-state index in [1.54, 1.807) is 4.68 Å². The third kappa shape index (κ3) is 3.38. The van der Waals surface area contributed by atoms with Gasteiger partial charge in [0, 0.05) is 13.0 Å². The van der Waals surface area contributed by atoms with Gasteiger partial charge in [-0.3, -0.25) is 4.79 Å². The van der Waals surface area contributed by atoms with Crippen LogP contribution in [-0.2, 0) is 17.9 Å². The molecule has 0 spiro atoms. The van der Waals surface area contributed by atoms with Crippen molar-refractivity contribution in [3.05, 3.63) is 18.0 Å². The largest absolute Gasteiger partial charge is 0.333 e. The SMILES string of the molecule is Cc1nnc2n1[C@@H](CC(C)C)CN(C(=O)CCn1cnnn1)C2. The van der Waals surface area contributed by atoms with Gasteiger partial charge in [-0.15, -0.1) is 15.3 Å². The third-order valence-electron chi connectivity index (χ3n) is 4.11. The molecule has 0 unspecified atom stereocenters. The Morgan fingerprint density at radius 2 is 2.22 bits per heavy atom. The molecule has 0 aliphatic carbocycles. The maximum Gasteiger partial charge on any atom is 0.224 e. The van der Waals surface area contributed by atoms with E-state index >= 15 is 0 Å². The second-order valence-corrected chi connectivity index (χ2v) is 6.41. The summed E-state index contributed by atoms with van der Waals surface area (Å²) in [6, 6.07) is 0.241. The van der Waals surface area contributed by atoms with Crippen LogP contribution in [0.25, 0.3) is 0 Å². The molecule has 0 saturated carbocycles. The highest BCUT2D eigenvalue weighted by Gasteiger charge is 2.30. The van der Waals surface area contributed by atoms with Crippen molar-refractivity contribution in [2.45, 2.75) is 52.7 Å². The van der Waals surface area contributed by atoms with Crippen molar-refractivity contribution in [1.82, 2.24) is 39.9 Å². The molecule has 9 heteroatoms. The summed E-state index contributed by atoms with van der Waals surface area (Å²) in [4.78, 5) is 14.4. The first kappa shape index (κ1) is 15.6. The summed E-state index contributed by atoms with van der Waals surface area (Å²) in [5.74, 6) is 2.44. The number of fused-ring (bicyclic) bond motifs is 1. The van der Waals surface area contributed by atoms with Gasteiger partial charge in [-0.25, -0.2) is 4.68 Å². The molecule has 2 aromatic heterocycles. The minimum Gasteiger partial charge on any atom is -0.333 e. The fourth-order valence-corrected chi connectivity index (χ4v) is 3.13. The molecule has 23 heavy (non-hydrogen) atoms. The smallest absolute Gasteiger partial charge is 0.224 e. The first-order chi connectivity index (χ1) is 11.0. The van der Waals surface area contributed by atoms with Gasteiger partial charge in [-0.05, 0) is 29.7 Å². The average molecular weight is 318 g/mol. The Morgan fingerprint density at radius 3 is 2.91 bits per heavy atom. The predicted octanol–water partition coefficient (Wildman–Crippen LogP) is 0.593. The second kappa shape index (κ2) is 6.43. The number of hydrogen-bond donors (Lipinski definition) is 0. The van der Waals surface area contributed by atoms with Gasteiger partial charge < -0.3 is 9.47 Å². The van der Waals surface area contributed by atoms with Gasteiger partial charge in [0.25, 0.3) is 0 Å². The lowest BCUT2D eigenvalue weighted by atomic mass is 10.0. The highest BCUT2D eigenvalue weighted by atomic mass is 16.2. The zero-order valence-corrected chi connectivity index (χ0v) is 13.8. The summed E-state index contributed by atoms with van der Waals surface area (Å²) < 4.78 is 3.76. The minimum absolute atomic E-state index is 0.0983. The van der Waals surface area contributed by atoms with E-state index in [1.165, 1.54) is 6.33 Å². The van der Waals surface area contributed by atoms with Crippen LogP contribution in [0.3, 0.4) is 0 Å². The molecule has 0 N–H and O–H groups in total. The van der Waals surface area contributed by atoms with Gasteiger partial charge in [0.05, 0.1) is 19.1 Å². The molecule has 0 aromatic carbocycles. The van der Waals surface area contributed by atoms with Crippen molar-refractivity contribution in [3.63, 3.8) is 0 Å². The van der Waals surface area contributed by atoms with Gasteiger partial charge >= 0.3 is 0 Å². The Bertz CT molecular complexity index is 662. The quantitative estimate of drug-likeness (QED) is 0.801. The summed E-state index contributed by atoms with van der Waals surface area (Å²) in [5.41, 5.74) is 0. The van der Waals surface area contributed by atoms with Crippen molar-refractivity contribution in [2.24, 2.45) is 5.92 Å². The van der Waals surface area contributed by atoms with E-state index in [2.05, 4.69) is 44.1 Å². The topological polar surface area (TPSA) is 94.6 Å². The van der Waals surface area contributed by atoms with E-state index in [-0.39, 0.29) is 11.9 Å². The van der Waals surface area contributed by atoms with Gasteiger partial charge in [0.1, 0.15) is 12.2 Å². The summed E-state index contributed by atoms with van der Waals surface area (Å²) in [6.07, 6.45) is 2.90. The standard InChI is InChI=1S/C14H22N8O/c1-10(2)6-12-7-20(8-13-17-16-11(3)22(12)13)14(23)4-5-21-9-15-18-19-21/h9-10,12H,4-8H2,1-3H3/t12-/m0/s1. The van der Waals surface area contributed by atoms with Crippen LogP contribution < -0.4 is 0 Å². The lowest BCUT2D eigenvalue weighted by Crippen LogP contribution is -2.42. The molecule has 124 valence electrons. The Morgan fingerprint density at radius 1 is 1.39 bits per heavy atom. The van der Waals surface area contributed by atoms with Gasteiger partial charge in [0.15, 0.2) is 5.82 Å². The van der Waals surface area contributed by atoms with E-state index in [0.29, 0.717) is 32.0 Å². The number of aryl methyl sites for hydroxylation is 2. The number of aromatic nitrogens is 7. The molecule has 3 heterocycles. The highest BCUT2D eigenvalue weighted by molar-refractivity contribution is 5.76. The average Bonchev–Trinajstić information content (AvgIpc) is 3.14.